The summed E-state index contributed by atoms with van der Waals surface area (Å²) >= 11 is 5.90. The predicted octanol–water partition coefficient (Wildman–Crippen LogP) is 1.38. The average molecular weight is 331 g/mol. The number of hydrogen-bond acceptors (Lipinski definition) is 3. The van der Waals surface area contributed by atoms with E-state index in [1.54, 1.807) is 24.0 Å². The molecule has 21 heavy (non-hydrogen) atoms. The van der Waals surface area contributed by atoms with Crippen molar-refractivity contribution in [1.82, 2.24) is 9.21 Å². The Kier molecular flexibility index (Phi) is 5.24. The van der Waals surface area contributed by atoms with Crippen LogP contribution < -0.4 is 0 Å². The largest absolute Gasteiger partial charge is 0.340 e. The van der Waals surface area contributed by atoms with Crippen LogP contribution >= 0.6 is 11.6 Å². The molecule has 0 bridgehead atoms. The Bertz CT molecular complexity index is 610. The van der Waals surface area contributed by atoms with E-state index >= 15 is 0 Å². The second-order valence-electron chi connectivity index (χ2n) is 4.99. The van der Waals surface area contributed by atoms with Crippen LogP contribution in [0.1, 0.15) is 12.5 Å². The molecular weight excluding hydrogens is 312 g/mol. The van der Waals surface area contributed by atoms with Crippen molar-refractivity contribution in [1.29, 1.82) is 0 Å². The summed E-state index contributed by atoms with van der Waals surface area (Å²) in [7, 11) is -3.16. The standard InChI is InChI=1S/C14H19ClN2O3S/c1-2-21(19,20)17-8-6-16(7-9-17)14(18)11-12-4-3-5-13(15)10-12/h3-5,10H,2,6-9,11H2,1H3. The van der Waals surface area contributed by atoms with E-state index in [9.17, 15) is 13.2 Å². The molecule has 7 heteroatoms. The minimum Gasteiger partial charge on any atom is -0.340 e. The van der Waals surface area contributed by atoms with Crippen LogP contribution in [-0.2, 0) is 21.2 Å². The zero-order valence-corrected chi connectivity index (χ0v) is 13.5. The van der Waals surface area contributed by atoms with Gasteiger partial charge in [0.25, 0.3) is 0 Å². The van der Waals surface area contributed by atoms with Crippen LogP contribution in [0.3, 0.4) is 0 Å². The van der Waals surface area contributed by atoms with Gasteiger partial charge in [-0.3, -0.25) is 4.79 Å². The van der Waals surface area contributed by atoms with Crippen molar-refractivity contribution in [2.75, 3.05) is 31.9 Å². The maximum Gasteiger partial charge on any atom is 0.227 e. The summed E-state index contributed by atoms with van der Waals surface area (Å²) in [5.74, 6) is 0.106. The molecule has 1 aliphatic heterocycles. The van der Waals surface area contributed by atoms with Crippen molar-refractivity contribution >= 4 is 27.5 Å². The number of piperazine rings is 1. The van der Waals surface area contributed by atoms with Crippen LogP contribution in [0.15, 0.2) is 24.3 Å². The van der Waals surface area contributed by atoms with Crippen molar-refractivity contribution < 1.29 is 13.2 Å². The summed E-state index contributed by atoms with van der Waals surface area (Å²) in [6.07, 6.45) is 0.293. The first-order valence-electron chi connectivity index (χ1n) is 6.92. The molecule has 1 aromatic rings. The van der Waals surface area contributed by atoms with Gasteiger partial charge in [-0.15, -0.1) is 0 Å². The molecule has 116 valence electrons. The molecule has 1 heterocycles. The highest BCUT2D eigenvalue weighted by Gasteiger charge is 2.27. The number of rotatable bonds is 4. The van der Waals surface area contributed by atoms with Gasteiger partial charge in [-0.05, 0) is 24.6 Å². The minimum atomic E-state index is -3.16. The third-order valence-corrected chi connectivity index (χ3v) is 5.71. The number of nitrogens with zero attached hydrogens (tertiary/aromatic N) is 2. The van der Waals surface area contributed by atoms with Gasteiger partial charge in [0.1, 0.15) is 0 Å². The van der Waals surface area contributed by atoms with Crippen LogP contribution in [0.2, 0.25) is 5.02 Å². The van der Waals surface area contributed by atoms with E-state index in [0.717, 1.165) is 5.56 Å². The van der Waals surface area contributed by atoms with E-state index in [2.05, 4.69) is 0 Å². The fraction of sp³-hybridized carbons (Fsp3) is 0.500. The Hall–Kier alpha value is -1.11. The lowest BCUT2D eigenvalue weighted by atomic mass is 10.1. The van der Waals surface area contributed by atoms with Crippen molar-refractivity contribution in [2.24, 2.45) is 0 Å². The van der Waals surface area contributed by atoms with Crippen LogP contribution in [0.5, 0.6) is 0 Å². The van der Waals surface area contributed by atoms with Crippen molar-refractivity contribution in [3.05, 3.63) is 34.9 Å². The Morgan fingerprint density at radius 3 is 2.48 bits per heavy atom. The van der Waals surface area contributed by atoms with Gasteiger partial charge in [0.2, 0.25) is 15.9 Å². The molecule has 2 rings (SSSR count). The Morgan fingerprint density at radius 2 is 1.90 bits per heavy atom. The normalized spacial score (nSPS) is 17.0. The number of benzene rings is 1. The molecule has 0 spiro atoms. The summed E-state index contributed by atoms with van der Waals surface area (Å²) in [5.41, 5.74) is 0.871. The molecule has 0 radical (unpaired) electrons. The van der Waals surface area contributed by atoms with E-state index in [4.69, 9.17) is 11.6 Å². The van der Waals surface area contributed by atoms with Gasteiger partial charge >= 0.3 is 0 Å². The molecule has 5 nitrogen and oxygen atoms in total. The zero-order chi connectivity index (χ0) is 15.5. The van der Waals surface area contributed by atoms with Crippen molar-refractivity contribution in [2.45, 2.75) is 13.3 Å². The van der Waals surface area contributed by atoms with Gasteiger partial charge in [0.15, 0.2) is 0 Å². The van der Waals surface area contributed by atoms with Crippen LogP contribution in [0.25, 0.3) is 0 Å². The molecule has 0 unspecified atom stereocenters. The lowest BCUT2D eigenvalue weighted by Crippen LogP contribution is -2.51. The molecule has 0 aromatic heterocycles. The van der Waals surface area contributed by atoms with E-state index in [-0.39, 0.29) is 11.7 Å². The fourth-order valence-electron chi connectivity index (χ4n) is 2.33. The topological polar surface area (TPSA) is 57.7 Å². The lowest BCUT2D eigenvalue weighted by molar-refractivity contribution is -0.131. The summed E-state index contributed by atoms with van der Waals surface area (Å²) in [6, 6.07) is 7.22. The monoisotopic (exact) mass is 330 g/mol. The number of hydrogen-bond donors (Lipinski definition) is 0. The van der Waals surface area contributed by atoms with Crippen LogP contribution in [-0.4, -0.2) is 55.5 Å². The van der Waals surface area contributed by atoms with Gasteiger partial charge in [-0.25, -0.2) is 8.42 Å². The quantitative estimate of drug-likeness (QED) is 0.838. The molecule has 1 saturated heterocycles. The van der Waals surface area contributed by atoms with Crippen molar-refractivity contribution in [3.63, 3.8) is 0 Å². The Morgan fingerprint density at radius 1 is 1.24 bits per heavy atom. The summed E-state index contributed by atoms with van der Waals surface area (Å²) in [6.45, 7) is 3.26. The number of carbonyl (C=O) groups is 1. The maximum atomic E-state index is 12.2. The first kappa shape index (κ1) is 16.3. The van der Waals surface area contributed by atoms with Gasteiger partial charge in [-0.1, -0.05) is 23.7 Å². The highest BCUT2D eigenvalue weighted by Crippen LogP contribution is 2.13. The second kappa shape index (κ2) is 6.77. The third-order valence-electron chi connectivity index (χ3n) is 3.59. The summed E-state index contributed by atoms with van der Waals surface area (Å²) in [4.78, 5) is 13.9. The van der Waals surface area contributed by atoms with Crippen LogP contribution in [0, 0.1) is 0 Å². The number of amides is 1. The second-order valence-corrected chi connectivity index (χ2v) is 7.68. The lowest BCUT2D eigenvalue weighted by Gasteiger charge is -2.33. The van der Waals surface area contributed by atoms with Gasteiger partial charge in [0.05, 0.1) is 12.2 Å². The molecule has 0 atom stereocenters. The van der Waals surface area contributed by atoms with E-state index in [1.807, 2.05) is 12.1 Å². The van der Waals surface area contributed by atoms with Crippen molar-refractivity contribution in [3.8, 4) is 0 Å². The molecule has 1 aliphatic rings. The average Bonchev–Trinajstić information content (AvgIpc) is 2.47. The van der Waals surface area contributed by atoms with E-state index in [0.29, 0.717) is 37.6 Å². The predicted molar refractivity (Wildman–Crippen MR) is 82.8 cm³/mol. The summed E-state index contributed by atoms with van der Waals surface area (Å²) in [5, 5.41) is 0.610. The number of carbonyl (C=O) groups excluding carboxylic acids is 1. The number of sulfonamides is 1. The molecule has 0 aliphatic carbocycles. The highest BCUT2D eigenvalue weighted by molar-refractivity contribution is 7.89. The van der Waals surface area contributed by atoms with Gasteiger partial charge in [0, 0.05) is 31.2 Å². The molecule has 0 saturated carbocycles. The maximum absolute atomic E-state index is 12.2. The molecule has 1 amide bonds. The molecule has 0 N–H and O–H groups in total. The first-order chi connectivity index (χ1) is 9.92. The third kappa shape index (κ3) is 4.18. The molecule has 1 fully saturated rings. The van der Waals surface area contributed by atoms with Gasteiger partial charge < -0.3 is 4.90 Å². The highest BCUT2D eigenvalue weighted by atomic mass is 35.5. The van der Waals surface area contributed by atoms with Gasteiger partial charge in [-0.2, -0.15) is 4.31 Å². The van der Waals surface area contributed by atoms with E-state index < -0.39 is 10.0 Å². The number of halogens is 1. The summed E-state index contributed by atoms with van der Waals surface area (Å²) < 4.78 is 25.0. The first-order valence-corrected chi connectivity index (χ1v) is 8.91. The Labute approximate surface area is 130 Å². The Balaban J connectivity index is 1.92. The van der Waals surface area contributed by atoms with Crippen LogP contribution in [0.4, 0.5) is 0 Å². The molecule has 1 aromatic carbocycles. The fourth-order valence-corrected chi connectivity index (χ4v) is 3.63. The SMILES string of the molecule is CCS(=O)(=O)N1CCN(C(=O)Cc2cccc(Cl)c2)CC1. The minimum absolute atomic E-state index is 0.00538. The zero-order valence-electron chi connectivity index (χ0n) is 12.0. The molecular formula is C14H19ClN2O3S. The van der Waals surface area contributed by atoms with E-state index in [1.165, 1.54) is 4.31 Å². The smallest absolute Gasteiger partial charge is 0.227 e.